The van der Waals surface area contributed by atoms with Gasteiger partial charge < -0.3 is 9.80 Å². The van der Waals surface area contributed by atoms with Crippen LogP contribution in [0.4, 0.5) is 22.7 Å². The Kier molecular flexibility index (Phi) is 9.27. The molecule has 0 fully saturated rings. The van der Waals surface area contributed by atoms with Gasteiger partial charge >= 0.3 is 0 Å². The van der Waals surface area contributed by atoms with Crippen molar-refractivity contribution < 1.29 is 0 Å². The normalized spacial score (nSPS) is 14.7. The Hall–Kier alpha value is -6.38. The lowest BCUT2D eigenvalue weighted by atomic mass is 9.76. The number of anilines is 4. The molecule has 0 spiro atoms. The Morgan fingerprint density at radius 3 is 1.59 bits per heavy atom. The van der Waals surface area contributed by atoms with Crippen molar-refractivity contribution in [2.24, 2.45) is 0 Å². The molecule has 8 aromatic rings. The lowest BCUT2D eigenvalue weighted by Gasteiger charge is -2.47. The van der Waals surface area contributed by atoms with E-state index in [4.69, 9.17) is 0 Å². The van der Waals surface area contributed by atoms with E-state index in [-0.39, 0.29) is 6.04 Å². The van der Waals surface area contributed by atoms with Gasteiger partial charge in [0.25, 0.3) is 0 Å². The fourth-order valence-electron chi connectivity index (χ4n) is 9.27. The van der Waals surface area contributed by atoms with Crippen molar-refractivity contribution in [2.45, 2.75) is 51.1 Å². The summed E-state index contributed by atoms with van der Waals surface area (Å²) >= 11 is 0. The van der Waals surface area contributed by atoms with Crippen LogP contribution >= 0.6 is 0 Å². The molecular formula is C54H48N2. The summed E-state index contributed by atoms with van der Waals surface area (Å²) in [6.45, 7) is 9.37. The molecule has 1 heterocycles. The maximum atomic E-state index is 2.81. The Labute approximate surface area is 332 Å². The molecule has 0 bridgehead atoms. The maximum absolute atomic E-state index is 2.81. The van der Waals surface area contributed by atoms with Crippen molar-refractivity contribution in [3.8, 4) is 0 Å². The number of hydrogen-bond acceptors (Lipinski definition) is 2. The molecule has 8 aromatic carbocycles. The Morgan fingerprint density at radius 1 is 0.464 bits per heavy atom. The summed E-state index contributed by atoms with van der Waals surface area (Å²) in [7, 11) is 0. The summed E-state index contributed by atoms with van der Waals surface area (Å²) in [6.07, 6.45) is 0. The van der Waals surface area contributed by atoms with Crippen LogP contribution in [-0.4, -0.2) is 0 Å². The van der Waals surface area contributed by atoms with Gasteiger partial charge in [0.15, 0.2) is 0 Å². The number of para-hydroxylation sites is 2. The smallest absolute Gasteiger partial charge is 0.117 e. The largest absolute Gasteiger partial charge is 0.342 e. The zero-order valence-corrected chi connectivity index (χ0v) is 32.7. The molecule has 0 N–H and O–H groups in total. The van der Waals surface area contributed by atoms with Crippen LogP contribution < -0.4 is 9.80 Å². The average Bonchev–Trinajstić information content (AvgIpc) is 3.56. The Morgan fingerprint density at radius 2 is 0.964 bits per heavy atom. The van der Waals surface area contributed by atoms with E-state index in [0.29, 0.717) is 11.8 Å². The van der Waals surface area contributed by atoms with E-state index in [0.717, 1.165) is 17.1 Å². The second-order valence-electron chi connectivity index (χ2n) is 15.7. The van der Waals surface area contributed by atoms with Crippen molar-refractivity contribution in [3.63, 3.8) is 0 Å². The van der Waals surface area contributed by atoms with Crippen LogP contribution in [0.25, 0.3) is 10.8 Å². The third kappa shape index (κ3) is 5.80. The molecule has 9 rings (SSSR count). The summed E-state index contributed by atoms with van der Waals surface area (Å²) in [4.78, 5) is 5.21. The van der Waals surface area contributed by atoms with Crippen LogP contribution in [0, 0.1) is 0 Å². The fourth-order valence-corrected chi connectivity index (χ4v) is 9.27. The van der Waals surface area contributed by atoms with Crippen LogP contribution in [0.2, 0.25) is 0 Å². The monoisotopic (exact) mass is 724 g/mol. The molecule has 1 aliphatic rings. The average molecular weight is 725 g/mol. The Bertz CT molecular complexity index is 2520. The molecule has 274 valence electrons. The van der Waals surface area contributed by atoms with Gasteiger partial charge in [-0.25, -0.2) is 0 Å². The highest BCUT2D eigenvalue weighted by atomic mass is 15.3. The van der Waals surface area contributed by atoms with Crippen molar-refractivity contribution in [1.29, 1.82) is 0 Å². The fraction of sp³-hybridized carbons (Fsp3) is 0.148. The SMILES string of the molecule is CC(C)c1cccc(C(C)C)c1N1C(c2ccc(N(c3ccccc3)c3cccc4ccccc34)cc2)c2ccccc2C1(c1ccccc1)c1ccccc1. The molecule has 0 saturated carbocycles. The molecular weight excluding hydrogens is 677 g/mol. The second kappa shape index (κ2) is 14.7. The van der Waals surface area contributed by atoms with E-state index >= 15 is 0 Å². The minimum atomic E-state index is -0.601. The summed E-state index contributed by atoms with van der Waals surface area (Å²) in [5, 5.41) is 2.45. The molecule has 2 heteroatoms. The summed E-state index contributed by atoms with van der Waals surface area (Å²) in [6, 6.07) is 73.9. The van der Waals surface area contributed by atoms with E-state index in [1.54, 1.807) is 0 Å². The number of nitrogens with zero attached hydrogens (tertiary/aromatic N) is 2. The van der Waals surface area contributed by atoms with Gasteiger partial charge in [-0.05, 0) is 86.5 Å². The number of hydrogen-bond donors (Lipinski definition) is 0. The zero-order chi connectivity index (χ0) is 38.2. The van der Waals surface area contributed by atoms with Gasteiger partial charge in [0.1, 0.15) is 5.54 Å². The van der Waals surface area contributed by atoms with E-state index in [9.17, 15) is 0 Å². The van der Waals surface area contributed by atoms with Gasteiger partial charge in [0.05, 0.1) is 11.7 Å². The predicted octanol–water partition coefficient (Wildman–Crippen LogP) is 14.5. The first-order valence-electron chi connectivity index (χ1n) is 20.0. The minimum absolute atomic E-state index is 0.0687. The molecule has 56 heavy (non-hydrogen) atoms. The molecule has 0 saturated heterocycles. The standard InChI is InChI=1S/C54H48N2/c1-38(2)46-30-19-31-47(39(3)4)53(46)56-52(49-29-16-17-32-50(49)54(56,42-22-8-5-9-23-42)43-24-10-6-11-25-43)41-34-36-45(37-35-41)55(44-26-12-7-13-27-44)51-33-18-21-40-20-14-15-28-48(40)51/h5-39,52H,1-4H3. The second-order valence-corrected chi connectivity index (χ2v) is 15.7. The summed E-state index contributed by atoms with van der Waals surface area (Å²) < 4.78 is 0. The summed E-state index contributed by atoms with van der Waals surface area (Å²) in [5.41, 5.74) is 13.3. The highest BCUT2D eigenvalue weighted by molar-refractivity contribution is 5.98. The van der Waals surface area contributed by atoms with Crippen molar-refractivity contribution in [2.75, 3.05) is 9.80 Å². The quantitative estimate of drug-likeness (QED) is 0.146. The van der Waals surface area contributed by atoms with Crippen LogP contribution in [-0.2, 0) is 5.54 Å². The van der Waals surface area contributed by atoms with E-state index in [1.165, 1.54) is 55.4 Å². The van der Waals surface area contributed by atoms with E-state index in [2.05, 4.69) is 238 Å². The van der Waals surface area contributed by atoms with E-state index < -0.39 is 5.54 Å². The van der Waals surface area contributed by atoms with Crippen LogP contribution in [0.1, 0.15) is 84.5 Å². The number of rotatable bonds is 9. The Balaban J connectivity index is 1.32. The highest BCUT2D eigenvalue weighted by Crippen LogP contribution is 2.59. The third-order valence-corrected chi connectivity index (χ3v) is 11.7. The highest BCUT2D eigenvalue weighted by Gasteiger charge is 2.54. The van der Waals surface area contributed by atoms with Gasteiger partial charge in [-0.2, -0.15) is 0 Å². The molecule has 1 atom stereocenters. The zero-order valence-electron chi connectivity index (χ0n) is 32.7. The first kappa shape index (κ1) is 35.3. The molecule has 2 nitrogen and oxygen atoms in total. The molecule has 1 unspecified atom stereocenters. The lowest BCUT2D eigenvalue weighted by molar-refractivity contribution is 0.563. The van der Waals surface area contributed by atoms with Crippen LogP contribution in [0.15, 0.2) is 200 Å². The predicted molar refractivity (Wildman–Crippen MR) is 237 cm³/mol. The topological polar surface area (TPSA) is 6.48 Å². The van der Waals surface area contributed by atoms with Crippen molar-refractivity contribution >= 4 is 33.5 Å². The maximum Gasteiger partial charge on any atom is 0.117 e. The third-order valence-electron chi connectivity index (χ3n) is 11.7. The number of benzene rings is 8. The van der Waals surface area contributed by atoms with Gasteiger partial charge in [-0.15, -0.1) is 0 Å². The van der Waals surface area contributed by atoms with Crippen LogP contribution in [0.3, 0.4) is 0 Å². The van der Waals surface area contributed by atoms with Crippen LogP contribution in [0.5, 0.6) is 0 Å². The molecule has 0 aromatic heterocycles. The van der Waals surface area contributed by atoms with Crippen molar-refractivity contribution in [3.05, 3.63) is 239 Å². The lowest BCUT2D eigenvalue weighted by Crippen LogP contribution is -2.46. The van der Waals surface area contributed by atoms with Gasteiger partial charge in [-0.3, -0.25) is 0 Å². The van der Waals surface area contributed by atoms with Gasteiger partial charge in [0, 0.05) is 22.4 Å². The molecule has 1 aliphatic heterocycles. The van der Waals surface area contributed by atoms with E-state index in [1.807, 2.05) is 0 Å². The number of fused-ring (bicyclic) bond motifs is 2. The minimum Gasteiger partial charge on any atom is -0.342 e. The molecule has 0 radical (unpaired) electrons. The molecule has 0 aliphatic carbocycles. The first-order valence-corrected chi connectivity index (χ1v) is 20.0. The first-order chi connectivity index (χ1) is 27.5. The van der Waals surface area contributed by atoms with Crippen molar-refractivity contribution in [1.82, 2.24) is 0 Å². The molecule has 0 amide bonds. The van der Waals surface area contributed by atoms with Gasteiger partial charge in [-0.1, -0.05) is 198 Å². The van der Waals surface area contributed by atoms with Gasteiger partial charge in [0.2, 0.25) is 0 Å². The summed E-state index contributed by atoms with van der Waals surface area (Å²) in [5.74, 6) is 0.639.